The van der Waals surface area contributed by atoms with Gasteiger partial charge in [-0.05, 0) is 36.3 Å². The molecule has 1 nitrogen and oxygen atoms in total. The molecule has 0 saturated heterocycles. The van der Waals surface area contributed by atoms with Gasteiger partial charge in [-0.1, -0.05) is 23.7 Å². The molecule has 1 aromatic carbocycles. The minimum atomic E-state index is -0.0144. The highest BCUT2D eigenvalue weighted by Gasteiger charge is 2.08. The van der Waals surface area contributed by atoms with E-state index in [1.165, 1.54) is 0 Å². The smallest absolute Gasteiger partial charge is 0.127 e. The molecule has 0 radical (unpaired) electrons. The number of benzene rings is 1. The number of halogens is 1. The van der Waals surface area contributed by atoms with Crippen LogP contribution in [0.15, 0.2) is 24.3 Å². The van der Waals surface area contributed by atoms with Gasteiger partial charge < -0.3 is 4.79 Å². The molecule has 0 aliphatic heterocycles. The Morgan fingerprint density at radius 3 is 2.50 bits per heavy atom. The van der Waals surface area contributed by atoms with Gasteiger partial charge in [0.1, 0.15) is 6.29 Å². The van der Waals surface area contributed by atoms with Crippen molar-refractivity contribution in [1.29, 1.82) is 0 Å². The molecule has 14 heavy (non-hydrogen) atoms. The van der Waals surface area contributed by atoms with E-state index in [1.54, 1.807) is 0 Å². The predicted molar refractivity (Wildman–Crippen MR) is 63.3 cm³/mol. The highest BCUT2D eigenvalue weighted by molar-refractivity contribution is 7.80. The molecule has 0 aliphatic carbocycles. The Labute approximate surface area is 94.9 Å². The van der Waals surface area contributed by atoms with Gasteiger partial charge in [-0.15, -0.1) is 0 Å². The molecule has 0 heterocycles. The molecule has 0 aromatic heterocycles. The maximum Gasteiger partial charge on any atom is 0.127 e. The second-order valence-electron chi connectivity index (χ2n) is 3.16. The molecule has 1 aromatic rings. The maximum absolute atomic E-state index is 10.8. The molecular formula is C11H13ClOS. The SMILES string of the molecule is O=CC(CCCS)c1ccc(Cl)cc1. The zero-order valence-corrected chi connectivity index (χ0v) is 9.47. The van der Waals surface area contributed by atoms with Crippen molar-refractivity contribution in [3.63, 3.8) is 0 Å². The van der Waals surface area contributed by atoms with Crippen LogP contribution < -0.4 is 0 Å². The molecule has 0 saturated carbocycles. The summed E-state index contributed by atoms with van der Waals surface area (Å²) in [6.45, 7) is 0. The van der Waals surface area contributed by atoms with E-state index in [1.807, 2.05) is 24.3 Å². The molecular weight excluding hydrogens is 216 g/mol. The summed E-state index contributed by atoms with van der Waals surface area (Å²) in [6.07, 6.45) is 2.80. The van der Waals surface area contributed by atoms with Crippen molar-refractivity contribution >= 4 is 30.5 Å². The first-order valence-electron chi connectivity index (χ1n) is 4.59. The first kappa shape index (κ1) is 11.6. The lowest BCUT2D eigenvalue weighted by Gasteiger charge is -2.09. The van der Waals surface area contributed by atoms with Crippen LogP contribution in [-0.4, -0.2) is 12.0 Å². The molecule has 3 heteroatoms. The predicted octanol–water partition coefficient (Wildman–Crippen LogP) is 3.33. The summed E-state index contributed by atoms with van der Waals surface area (Å²) in [5.74, 6) is 0.803. The Hall–Kier alpha value is -0.470. The van der Waals surface area contributed by atoms with E-state index in [0.717, 1.165) is 30.4 Å². The molecule has 0 bridgehead atoms. The topological polar surface area (TPSA) is 17.1 Å². The van der Waals surface area contributed by atoms with Crippen molar-refractivity contribution in [3.05, 3.63) is 34.9 Å². The van der Waals surface area contributed by atoms with Gasteiger partial charge in [0.05, 0.1) is 0 Å². The number of carbonyl (C=O) groups excluding carboxylic acids is 1. The van der Waals surface area contributed by atoms with Crippen LogP contribution in [0.3, 0.4) is 0 Å². The van der Waals surface area contributed by atoms with Crippen molar-refractivity contribution in [2.45, 2.75) is 18.8 Å². The van der Waals surface area contributed by atoms with Gasteiger partial charge in [-0.25, -0.2) is 0 Å². The molecule has 76 valence electrons. The fourth-order valence-electron chi connectivity index (χ4n) is 1.33. The third-order valence-electron chi connectivity index (χ3n) is 2.14. The monoisotopic (exact) mass is 228 g/mol. The van der Waals surface area contributed by atoms with Crippen molar-refractivity contribution < 1.29 is 4.79 Å². The van der Waals surface area contributed by atoms with Gasteiger partial charge in [0.25, 0.3) is 0 Å². The maximum atomic E-state index is 10.8. The van der Waals surface area contributed by atoms with E-state index >= 15 is 0 Å². The first-order valence-corrected chi connectivity index (χ1v) is 5.60. The van der Waals surface area contributed by atoms with Gasteiger partial charge in [-0.2, -0.15) is 12.6 Å². The standard InChI is InChI=1S/C11H13ClOS/c12-11-5-3-9(4-6-11)10(8-13)2-1-7-14/h3-6,8,10,14H,1-2,7H2. The van der Waals surface area contributed by atoms with Crippen molar-refractivity contribution in [2.24, 2.45) is 0 Å². The van der Waals surface area contributed by atoms with Gasteiger partial charge in [0, 0.05) is 10.9 Å². The number of aldehydes is 1. The summed E-state index contributed by atoms with van der Waals surface area (Å²) in [4.78, 5) is 10.8. The summed E-state index contributed by atoms with van der Waals surface area (Å²) < 4.78 is 0. The summed E-state index contributed by atoms with van der Waals surface area (Å²) in [7, 11) is 0. The summed E-state index contributed by atoms with van der Waals surface area (Å²) in [6, 6.07) is 7.43. The Morgan fingerprint density at radius 2 is 2.00 bits per heavy atom. The van der Waals surface area contributed by atoms with Crippen LogP contribution in [0.5, 0.6) is 0 Å². The zero-order valence-electron chi connectivity index (χ0n) is 7.82. The Bertz CT molecular complexity index is 284. The Balaban J connectivity index is 2.68. The van der Waals surface area contributed by atoms with E-state index in [2.05, 4.69) is 12.6 Å². The molecule has 0 spiro atoms. The minimum absolute atomic E-state index is 0.0144. The zero-order chi connectivity index (χ0) is 10.4. The molecule has 0 fully saturated rings. The van der Waals surface area contributed by atoms with Crippen LogP contribution in [0.25, 0.3) is 0 Å². The van der Waals surface area contributed by atoms with Crippen LogP contribution in [0.2, 0.25) is 5.02 Å². The van der Waals surface area contributed by atoms with E-state index in [0.29, 0.717) is 5.02 Å². The molecule has 0 N–H and O–H groups in total. The first-order chi connectivity index (χ1) is 6.77. The lowest BCUT2D eigenvalue weighted by atomic mass is 9.96. The summed E-state index contributed by atoms with van der Waals surface area (Å²) >= 11 is 9.89. The number of carbonyl (C=O) groups is 1. The van der Waals surface area contributed by atoms with Crippen molar-refractivity contribution in [2.75, 3.05) is 5.75 Å². The van der Waals surface area contributed by atoms with Gasteiger partial charge in [0.2, 0.25) is 0 Å². The van der Waals surface area contributed by atoms with E-state index < -0.39 is 0 Å². The van der Waals surface area contributed by atoms with E-state index in [4.69, 9.17) is 11.6 Å². The lowest BCUT2D eigenvalue weighted by molar-refractivity contribution is -0.109. The van der Waals surface area contributed by atoms with Gasteiger partial charge in [0.15, 0.2) is 0 Å². The summed E-state index contributed by atoms with van der Waals surface area (Å²) in [5, 5.41) is 0.701. The number of thiol groups is 1. The highest BCUT2D eigenvalue weighted by Crippen LogP contribution is 2.21. The second kappa shape index (κ2) is 6.10. The van der Waals surface area contributed by atoms with Crippen LogP contribution >= 0.6 is 24.2 Å². The van der Waals surface area contributed by atoms with Crippen molar-refractivity contribution in [3.8, 4) is 0 Å². The van der Waals surface area contributed by atoms with Crippen LogP contribution in [0, 0.1) is 0 Å². The number of hydrogen-bond acceptors (Lipinski definition) is 2. The number of rotatable bonds is 5. The lowest BCUT2D eigenvalue weighted by Crippen LogP contribution is -2.00. The Morgan fingerprint density at radius 1 is 1.36 bits per heavy atom. The fourth-order valence-corrected chi connectivity index (χ4v) is 1.64. The highest BCUT2D eigenvalue weighted by atomic mass is 35.5. The fraction of sp³-hybridized carbons (Fsp3) is 0.364. The average molecular weight is 229 g/mol. The third kappa shape index (κ3) is 3.35. The van der Waals surface area contributed by atoms with Crippen LogP contribution in [0.1, 0.15) is 24.3 Å². The summed E-state index contributed by atoms with van der Waals surface area (Å²) in [5.41, 5.74) is 1.03. The van der Waals surface area contributed by atoms with Crippen molar-refractivity contribution in [1.82, 2.24) is 0 Å². The average Bonchev–Trinajstić information content (AvgIpc) is 2.21. The normalized spacial score (nSPS) is 12.4. The van der Waals surface area contributed by atoms with Crippen LogP contribution in [-0.2, 0) is 4.79 Å². The number of hydrogen-bond donors (Lipinski definition) is 1. The largest absolute Gasteiger partial charge is 0.303 e. The molecule has 1 unspecified atom stereocenters. The van der Waals surface area contributed by atoms with E-state index in [-0.39, 0.29) is 5.92 Å². The third-order valence-corrected chi connectivity index (χ3v) is 2.70. The molecule has 1 rings (SSSR count). The second-order valence-corrected chi connectivity index (χ2v) is 4.04. The molecule has 0 amide bonds. The van der Waals surface area contributed by atoms with Crippen LogP contribution in [0.4, 0.5) is 0 Å². The van der Waals surface area contributed by atoms with Gasteiger partial charge >= 0.3 is 0 Å². The minimum Gasteiger partial charge on any atom is -0.303 e. The quantitative estimate of drug-likeness (QED) is 0.604. The van der Waals surface area contributed by atoms with E-state index in [9.17, 15) is 4.79 Å². The Kier molecular flexibility index (Phi) is 5.05. The molecule has 1 atom stereocenters. The molecule has 0 aliphatic rings. The van der Waals surface area contributed by atoms with Gasteiger partial charge in [-0.3, -0.25) is 0 Å².